The van der Waals surface area contributed by atoms with Crippen molar-refractivity contribution in [1.82, 2.24) is 0 Å². The Morgan fingerprint density at radius 1 is 1.00 bits per heavy atom. The SMILES string of the molecule is O=C(O)c1ccccc1OS(=O)(=O)O.c1ccc(N2CCOCC2)cc1. The molecule has 0 aliphatic carbocycles. The van der Waals surface area contributed by atoms with Crippen molar-refractivity contribution in [3.63, 3.8) is 0 Å². The van der Waals surface area contributed by atoms with Crippen molar-refractivity contribution in [2.75, 3.05) is 31.2 Å². The number of carbonyl (C=O) groups is 1. The van der Waals surface area contributed by atoms with Crippen LogP contribution < -0.4 is 9.08 Å². The van der Waals surface area contributed by atoms with Crippen LogP contribution in [0.15, 0.2) is 54.6 Å². The van der Waals surface area contributed by atoms with Crippen LogP contribution in [0.25, 0.3) is 0 Å². The number of rotatable bonds is 4. The molecule has 0 spiro atoms. The molecule has 0 radical (unpaired) electrons. The highest BCUT2D eigenvalue weighted by molar-refractivity contribution is 7.81. The first-order valence-electron chi connectivity index (χ1n) is 7.74. The van der Waals surface area contributed by atoms with Crippen molar-refractivity contribution in [2.24, 2.45) is 0 Å². The summed E-state index contributed by atoms with van der Waals surface area (Å²) in [5.41, 5.74) is 0.964. The van der Waals surface area contributed by atoms with Gasteiger partial charge in [0.25, 0.3) is 0 Å². The van der Waals surface area contributed by atoms with E-state index in [2.05, 4.69) is 33.3 Å². The number of carboxylic acid groups (broad SMARTS) is 1. The summed E-state index contributed by atoms with van der Waals surface area (Å²) >= 11 is 0. The summed E-state index contributed by atoms with van der Waals surface area (Å²) in [5, 5.41) is 8.61. The van der Waals surface area contributed by atoms with E-state index in [0.717, 1.165) is 38.4 Å². The number of para-hydroxylation sites is 2. The predicted molar refractivity (Wildman–Crippen MR) is 95.1 cm³/mol. The van der Waals surface area contributed by atoms with E-state index in [4.69, 9.17) is 14.4 Å². The Morgan fingerprint density at radius 2 is 1.58 bits per heavy atom. The van der Waals surface area contributed by atoms with Crippen LogP contribution in [0.4, 0.5) is 5.69 Å². The van der Waals surface area contributed by atoms with Crippen molar-refractivity contribution < 1.29 is 31.8 Å². The zero-order valence-corrected chi connectivity index (χ0v) is 14.6. The van der Waals surface area contributed by atoms with Gasteiger partial charge >= 0.3 is 16.4 Å². The number of ether oxygens (including phenoxy) is 1. The Hall–Kier alpha value is -2.62. The van der Waals surface area contributed by atoms with Gasteiger partial charge in [-0.05, 0) is 24.3 Å². The van der Waals surface area contributed by atoms with Crippen LogP contribution in [-0.2, 0) is 15.1 Å². The molecule has 0 amide bonds. The number of benzene rings is 2. The number of nitrogens with zero attached hydrogens (tertiary/aromatic N) is 1. The van der Waals surface area contributed by atoms with Gasteiger partial charge < -0.3 is 18.9 Å². The molecular formula is C17H19NO7S. The zero-order valence-electron chi connectivity index (χ0n) is 13.8. The molecule has 2 aromatic carbocycles. The van der Waals surface area contributed by atoms with E-state index in [-0.39, 0.29) is 5.56 Å². The minimum Gasteiger partial charge on any atom is -0.478 e. The van der Waals surface area contributed by atoms with Crippen molar-refractivity contribution in [2.45, 2.75) is 0 Å². The molecule has 2 N–H and O–H groups in total. The van der Waals surface area contributed by atoms with E-state index < -0.39 is 22.1 Å². The molecule has 140 valence electrons. The number of hydrogen-bond donors (Lipinski definition) is 2. The highest BCUT2D eigenvalue weighted by Gasteiger charge is 2.15. The Balaban J connectivity index is 0.000000189. The molecule has 0 bridgehead atoms. The molecule has 1 aliphatic rings. The lowest BCUT2D eigenvalue weighted by atomic mass is 10.2. The number of anilines is 1. The quantitative estimate of drug-likeness (QED) is 0.774. The van der Waals surface area contributed by atoms with Gasteiger partial charge in [0.15, 0.2) is 5.75 Å². The molecule has 0 aromatic heterocycles. The zero-order chi connectivity index (χ0) is 19.0. The van der Waals surface area contributed by atoms with Crippen LogP contribution in [-0.4, -0.2) is 50.3 Å². The molecule has 3 rings (SSSR count). The third-order valence-electron chi connectivity index (χ3n) is 3.44. The van der Waals surface area contributed by atoms with E-state index in [9.17, 15) is 13.2 Å². The molecule has 1 saturated heterocycles. The molecular weight excluding hydrogens is 362 g/mol. The average molecular weight is 381 g/mol. The number of carboxylic acids is 1. The first-order chi connectivity index (χ1) is 12.4. The summed E-state index contributed by atoms with van der Waals surface area (Å²) in [7, 11) is -4.70. The van der Waals surface area contributed by atoms with E-state index in [1.54, 1.807) is 0 Å². The molecule has 1 aliphatic heterocycles. The van der Waals surface area contributed by atoms with E-state index in [1.807, 2.05) is 6.07 Å². The Kier molecular flexibility index (Phi) is 6.96. The maximum absolute atomic E-state index is 10.6. The fraction of sp³-hybridized carbons (Fsp3) is 0.235. The second-order valence-electron chi connectivity index (χ2n) is 5.25. The van der Waals surface area contributed by atoms with Crippen molar-refractivity contribution >= 4 is 22.1 Å². The summed E-state index contributed by atoms with van der Waals surface area (Å²) in [6.45, 7) is 3.75. The third-order valence-corrected chi connectivity index (χ3v) is 3.84. The number of aromatic carboxylic acids is 1. The maximum atomic E-state index is 10.6. The smallest absolute Gasteiger partial charge is 0.446 e. The second-order valence-corrected chi connectivity index (χ2v) is 6.27. The van der Waals surface area contributed by atoms with Crippen LogP contribution in [0.3, 0.4) is 0 Å². The monoisotopic (exact) mass is 381 g/mol. The minimum atomic E-state index is -4.70. The molecule has 2 aromatic rings. The lowest BCUT2D eigenvalue weighted by Gasteiger charge is -2.28. The summed E-state index contributed by atoms with van der Waals surface area (Å²) in [5.74, 6) is -1.77. The van der Waals surface area contributed by atoms with Gasteiger partial charge in [0, 0.05) is 18.8 Å². The van der Waals surface area contributed by atoms with E-state index in [0.29, 0.717) is 0 Å². The van der Waals surface area contributed by atoms with Gasteiger partial charge in [-0.3, -0.25) is 4.55 Å². The lowest BCUT2D eigenvalue weighted by molar-refractivity contribution is 0.0695. The molecule has 1 fully saturated rings. The molecule has 26 heavy (non-hydrogen) atoms. The number of morpholine rings is 1. The molecule has 1 heterocycles. The summed E-state index contributed by atoms with van der Waals surface area (Å²) < 4.78 is 38.3. The van der Waals surface area contributed by atoms with Gasteiger partial charge in [-0.1, -0.05) is 30.3 Å². The minimum absolute atomic E-state index is 0.342. The molecule has 8 nitrogen and oxygen atoms in total. The molecule has 9 heteroatoms. The highest BCUT2D eigenvalue weighted by Crippen LogP contribution is 2.19. The second kappa shape index (κ2) is 9.18. The van der Waals surface area contributed by atoms with Gasteiger partial charge in [-0.25, -0.2) is 4.79 Å². The Labute approximate surface area is 151 Å². The standard InChI is InChI=1S/C10H13NO.C7H6O6S/c1-2-4-10(5-3-1)11-6-8-12-9-7-11;8-7(9)5-3-1-2-4-6(5)13-14(10,11)12/h1-5H,6-9H2;1-4H,(H,8,9)(H,10,11,12). The van der Waals surface area contributed by atoms with Gasteiger partial charge in [0.2, 0.25) is 0 Å². The van der Waals surface area contributed by atoms with E-state index in [1.165, 1.54) is 17.8 Å². The summed E-state index contributed by atoms with van der Waals surface area (Å²) in [4.78, 5) is 12.9. The van der Waals surface area contributed by atoms with Crippen molar-refractivity contribution in [3.8, 4) is 5.75 Å². The summed E-state index contributed by atoms with van der Waals surface area (Å²) in [6.07, 6.45) is 0. The Morgan fingerprint density at radius 3 is 2.15 bits per heavy atom. The van der Waals surface area contributed by atoms with Crippen LogP contribution in [0.2, 0.25) is 0 Å². The third kappa shape index (κ3) is 6.36. The Bertz CT molecular complexity index is 818. The van der Waals surface area contributed by atoms with Crippen molar-refractivity contribution in [3.05, 3.63) is 60.2 Å². The fourth-order valence-electron chi connectivity index (χ4n) is 2.29. The number of hydrogen-bond acceptors (Lipinski definition) is 6. The first kappa shape index (κ1) is 19.7. The molecule has 0 saturated carbocycles. The largest absolute Gasteiger partial charge is 0.478 e. The van der Waals surface area contributed by atoms with Crippen LogP contribution >= 0.6 is 0 Å². The van der Waals surface area contributed by atoms with Gasteiger partial charge in [-0.2, -0.15) is 8.42 Å². The topological polar surface area (TPSA) is 113 Å². The van der Waals surface area contributed by atoms with Crippen LogP contribution in [0.1, 0.15) is 10.4 Å². The average Bonchev–Trinajstić information content (AvgIpc) is 2.63. The van der Waals surface area contributed by atoms with Gasteiger partial charge in [0.1, 0.15) is 5.56 Å². The van der Waals surface area contributed by atoms with E-state index >= 15 is 0 Å². The van der Waals surface area contributed by atoms with Crippen LogP contribution in [0.5, 0.6) is 5.75 Å². The van der Waals surface area contributed by atoms with Crippen LogP contribution in [0, 0.1) is 0 Å². The predicted octanol–water partition coefficient (Wildman–Crippen LogP) is 2.09. The maximum Gasteiger partial charge on any atom is 0.446 e. The fourth-order valence-corrected chi connectivity index (χ4v) is 2.66. The lowest BCUT2D eigenvalue weighted by Crippen LogP contribution is -2.36. The molecule has 0 unspecified atom stereocenters. The summed E-state index contributed by atoms with van der Waals surface area (Å²) in [6, 6.07) is 15.5. The highest BCUT2D eigenvalue weighted by atomic mass is 32.3. The van der Waals surface area contributed by atoms with Gasteiger partial charge in [0.05, 0.1) is 13.2 Å². The van der Waals surface area contributed by atoms with Crippen molar-refractivity contribution in [1.29, 1.82) is 0 Å². The normalized spacial score (nSPS) is 14.1. The van der Waals surface area contributed by atoms with Gasteiger partial charge in [-0.15, -0.1) is 0 Å². The molecule has 0 atom stereocenters. The first-order valence-corrected chi connectivity index (χ1v) is 9.10.